The van der Waals surface area contributed by atoms with Gasteiger partial charge >= 0.3 is 0 Å². The van der Waals surface area contributed by atoms with Crippen molar-refractivity contribution in [3.8, 4) is 5.75 Å². The van der Waals surface area contributed by atoms with Crippen molar-refractivity contribution >= 4 is 50.7 Å². The number of amides is 2. The predicted octanol–water partition coefficient (Wildman–Crippen LogP) is 5.14. The van der Waals surface area contributed by atoms with Crippen LogP contribution in [0, 0.1) is 0 Å². The lowest BCUT2D eigenvalue weighted by molar-refractivity contribution is -0.139. The van der Waals surface area contributed by atoms with Gasteiger partial charge in [0.05, 0.1) is 17.7 Å². The number of ether oxygens (including phenoxy) is 1. The van der Waals surface area contributed by atoms with Crippen molar-refractivity contribution in [1.29, 1.82) is 0 Å². The van der Waals surface area contributed by atoms with Crippen molar-refractivity contribution in [3.05, 3.63) is 88.4 Å². The number of carbonyl (C=O) groups excluding carboxylic acids is 2. The van der Waals surface area contributed by atoms with Gasteiger partial charge in [-0.15, -0.1) is 0 Å². The van der Waals surface area contributed by atoms with Gasteiger partial charge in [-0.1, -0.05) is 41.4 Å². The lowest BCUT2D eigenvalue weighted by atomic mass is 10.1. The van der Waals surface area contributed by atoms with Crippen molar-refractivity contribution in [2.24, 2.45) is 0 Å². The van der Waals surface area contributed by atoms with E-state index in [0.717, 1.165) is 4.31 Å². The van der Waals surface area contributed by atoms with E-state index in [9.17, 15) is 18.0 Å². The molecule has 0 spiro atoms. The molecular weight excluding hydrogens is 561 g/mol. The molecule has 0 aliphatic carbocycles. The third kappa shape index (κ3) is 7.88. The molecule has 0 saturated heterocycles. The zero-order valence-electron chi connectivity index (χ0n) is 22.1. The molecule has 0 aromatic heterocycles. The zero-order chi connectivity index (χ0) is 28.7. The molecule has 39 heavy (non-hydrogen) atoms. The number of rotatable bonds is 11. The van der Waals surface area contributed by atoms with E-state index >= 15 is 0 Å². The summed E-state index contributed by atoms with van der Waals surface area (Å²) in [4.78, 5) is 28.2. The Balaban J connectivity index is 2.04. The first-order chi connectivity index (χ1) is 18.4. The van der Waals surface area contributed by atoms with Crippen LogP contribution in [-0.2, 0) is 26.2 Å². The van der Waals surface area contributed by atoms with E-state index in [1.165, 1.54) is 42.3 Å². The van der Waals surface area contributed by atoms with Gasteiger partial charge in [-0.25, -0.2) is 8.42 Å². The summed E-state index contributed by atoms with van der Waals surface area (Å²) < 4.78 is 33.8. The standard InChI is InChI=1S/C28H31Cl2N3O5S/c1-19(2)31-28(35)20(3)32(17-21-7-5-10-25(15-21)38-4)27(34)18-33(24-9-6-8-23(30)16-24)39(36,37)26-13-11-22(29)12-14-26/h5-16,19-20H,17-18H2,1-4H3,(H,31,35)/t20-/m1/s1. The Hall–Kier alpha value is -3.27. The van der Waals surface area contributed by atoms with Crippen molar-refractivity contribution in [2.45, 2.75) is 44.3 Å². The summed E-state index contributed by atoms with van der Waals surface area (Å²) in [5.74, 6) is -0.358. The van der Waals surface area contributed by atoms with Gasteiger partial charge in [-0.2, -0.15) is 0 Å². The predicted molar refractivity (Wildman–Crippen MR) is 154 cm³/mol. The van der Waals surface area contributed by atoms with Crippen LogP contribution in [0.15, 0.2) is 77.7 Å². The molecule has 0 aliphatic heterocycles. The molecule has 0 unspecified atom stereocenters. The van der Waals surface area contributed by atoms with Crippen LogP contribution in [0.3, 0.4) is 0 Å². The number of anilines is 1. The summed E-state index contributed by atoms with van der Waals surface area (Å²) in [5, 5.41) is 3.49. The Morgan fingerprint density at radius 3 is 2.21 bits per heavy atom. The van der Waals surface area contributed by atoms with Gasteiger partial charge in [-0.3, -0.25) is 13.9 Å². The fourth-order valence-corrected chi connectivity index (χ4v) is 5.57. The van der Waals surface area contributed by atoms with Gasteiger partial charge in [0.1, 0.15) is 18.3 Å². The first-order valence-corrected chi connectivity index (χ1v) is 14.4. The fraction of sp³-hybridized carbons (Fsp3) is 0.286. The lowest BCUT2D eigenvalue weighted by Gasteiger charge is -2.32. The third-order valence-corrected chi connectivity index (χ3v) is 8.14. The van der Waals surface area contributed by atoms with Crippen LogP contribution in [0.2, 0.25) is 10.0 Å². The van der Waals surface area contributed by atoms with Crippen LogP contribution in [-0.4, -0.2) is 50.9 Å². The van der Waals surface area contributed by atoms with Gasteiger partial charge in [0.2, 0.25) is 11.8 Å². The number of sulfonamides is 1. The summed E-state index contributed by atoms with van der Waals surface area (Å²) in [5.41, 5.74) is 0.910. The Kier molecular flexibility index (Phi) is 10.2. The monoisotopic (exact) mass is 591 g/mol. The molecule has 208 valence electrons. The molecule has 0 radical (unpaired) electrons. The zero-order valence-corrected chi connectivity index (χ0v) is 24.4. The van der Waals surface area contributed by atoms with Crippen molar-refractivity contribution < 1.29 is 22.7 Å². The normalized spacial score (nSPS) is 12.1. The van der Waals surface area contributed by atoms with Crippen LogP contribution in [0.5, 0.6) is 5.75 Å². The molecule has 2 amide bonds. The number of nitrogens with one attached hydrogen (secondary N) is 1. The van der Waals surface area contributed by atoms with Gasteiger partial charge in [0, 0.05) is 22.6 Å². The van der Waals surface area contributed by atoms with Crippen LogP contribution < -0.4 is 14.4 Å². The largest absolute Gasteiger partial charge is 0.497 e. The summed E-state index contributed by atoms with van der Waals surface area (Å²) in [6.45, 7) is 4.71. The molecule has 1 N–H and O–H groups in total. The maximum absolute atomic E-state index is 13.9. The van der Waals surface area contributed by atoms with E-state index in [-0.39, 0.29) is 29.1 Å². The van der Waals surface area contributed by atoms with Crippen molar-refractivity contribution in [2.75, 3.05) is 18.0 Å². The average Bonchev–Trinajstić information content (AvgIpc) is 2.89. The van der Waals surface area contributed by atoms with E-state index in [2.05, 4.69) is 5.32 Å². The minimum atomic E-state index is -4.22. The first-order valence-electron chi connectivity index (χ1n) is 12.2. The van der Waals surface area contributed by atoms with E-state index < -0.39 is 28.5 Å². The second-order valence-electron chi connectivity index (χ2n) is 9.16. The summed E-state index contributed by atoms with van der Waals surface area (Å²) in [7, 11) is -2.68. The molecule has 0 aliphatic rings. The quantitative estimate of drug-likeness (QED) is 0.333. The second kappa shape index (κ2) is 13.2. The van der Waals surface area contributed by atoms with Crippen molar-refractivity contribution in [1.82, 2.24) is 10.2 Å². The number of methoxy groups -OCH3 is 1. The van der Waals surface area contributed by atoms with Gasteiger partial charge in [0.25, 0.3) is 10.0 Å². The maximum atomic E-state index is 13.9. The molecule has 0 saturated carbocycles. The van der Waals surface area contributed by atoms with Crippen LogP contribution in [0.4, 0.5) is 5.69 Å². The SMILES string of the molecule is COc1cccc(CN(C(=O)CN(c2cccc(Cl)c2)S(=O)(=O)c2ccc(Cl)cc2)[C@H](C)C(=O)NC(C)C)c1. The molecule has 0 fully saturated rings. The number of nitrogens with zero attached hydrogens (tertiary/aromatic N) is 2. The number of hydrogen-bond acceptors (Lipinski definition) is 5. The van der Waals surface area contributed by atoms with Crippen molar-refractivity contribution in [3.63, 3.8) is 0 Å². The van der Waals surface area contributed by atoms with E-state index in [1.54, 1.807) is 49.4 Å². The molecular formula is C28H31Cl2N3O5S. The Bertz CT molecular complexity index is 1410. The molecule has 3 aromatic rings. The molecule has 11 heteroatoms. The number of benzene rings is 3. The summed E-state index contributed by atoms with van der Waals surface area (Å²) in [6, 6.07) is 17.9. The van der Waals surface area contributed by atoms with Crippen LogP contribution in [0.25, 0.3) is 0 Å². The highest BCUT2D eigenvalue weighted by molar-refractivity contribution is 7.92. The van der Waals surface area contributed by atoms with E-state index in [4.69, 9.17) is 27.9 Å². The number of carbonyl (C=O) groups is 2. The first kappa shape index (κ1) is 30.3. The van der Waals surface area contributed by atoms with Gasteiger partial charge in [0.15, 0.2) is 0 Å². The number of halogens is 2. The van der Waals surface area contributed by atoms with Gasteiger partial charge in [-0.05, 0) is 80.9 Å². The average molecular weight is 593 g/mol. The second-order valence-corrected chi connectivity index (χ2v) is 11.9. The third-order valence-electron chi connectivity index (χ3n) is 5.86. The van der Waals surface area contributed by atoms with E-state index in [0.29, 0.717) is 21.4 Å². The summed E-state index contributed by atoms with van der Waals surface area (Å²) in [6.07, 6.45) is 0. The Morgan fingerprint density at radius 2 is 1.59 bits per heavy atom. The minimum absolute atomic E-state index is 0.0487. The highest BCUT2D eigenvalue weighted by Gasteiger charge is 2.32. The molecule has 8 nitrogen and oxygen atoms in total. The van der Waals surface area contributed by atoms with Crippen LogP contribution >= 0.6 is 23.2 Å². The number of hydrogen-bond donors (Lipinski definition) is 1. The van der Waals surface area contributed by atoms with Gasteiger partial charge < -0.3 is 15.0 Å². The molecule has 1 atom stereocenters. The van der Waals surface area contributed by atoms with Crippen LogP contribution in [0.1, 0.15) is 26.3 Å². The topological polar surface area (TPSA) is 96.0 Å². The highest BCUT2D eigenvalue weighted by atomic mass is 35.5. The smallest absolute Gasteiger partial charge is 0.264 e. The molecule has 3 rings (SSSR count). The molecule has 3 aromatic carbocycles. The van der Waals surface area contributed by atoms with E-state index in [1.807, 2.05) is 13.8 Å². The summed E-state index contributed by atoms with van der Waals surface area (Å²) >= 11 is 12.2. The Labute approximate surface area is 239 Å². The lowest BCUT2D eigenvalue weighted by Crippen LogP contribution is -2.52. The fourth-order valence-electron chi connectivity index (χ4n) is 3.85. The highest BCUT2D eigenvalue weighted by Crippen LogP contribution is 2.27. The molecule has 0 bridgehead atoms. The maximum Gasteiger partial charge on any atom is 0.264 e. The Morgan fingerprint density at radius 1 is 0.923 bits per heavy atom. The molecule has 0 heterocycles. The minimum Gasteiger partial charge on any atom is -0.497 e.